The van der Waals surface area contributed by atoms with E-state index in [2.05, 4.69) is 51.4 Å². The van der Waals surface area contributed by atoms with E-state index in [0.29, 0.717) is 0 Å². The summed E-state index contributed by atoms with van der Waals surface area (Å²) in [6, 6.07) is 0. The maximum Gasteiger partial charge on any atom is 0.479 e. The molecule has 2 bridgehead atoms. The molecule has 0 amide bonds. The van der Waals surface area contributed by atoms with Gasteiger partial charge in [-0.05, 0) is 64.5 Å². The SMILES string of the molecule is C[Si](C)O[Si](O[Si](C)C)(O[Si](C)C)C12C=CC(CC1)C2. The molecule has 0 aromatic rings. The van der Waals surface area contributed by atoms with Crippen LogP contribution in [0.5, 0.6) is 0 Å². The number of rotatable bonds is 7. The van der Waals surface area contributed by atoms with Crippen molar-refractivity contribution in [1.82, 2.24) is 0 Å². The predicted octanol–water partition coefficient (Wildman–Crippen LogP) is 3.84. The number of allylic oxidation sites excluding steroid dienone is 2. The maximum absolute atomic E-state index is 6.56. The van der Waals surface area contributed by atoms with Gasteiger partial charge in [0.05, 0.1) is 5.04 Å². The van der Waals surface area contributed by atoms with Crippen molar-refractivity contribution in [1.29, 1.82) is 0 Å². The Balaban J connectivity index is 2.36. The molecule has 2 atom stereocenters. The molecule has 2 aliphatic carbocycles. The van der Waals surface area contributed by atoms with Gasteiger partial charge in [0.1, 0.15) is 0 Å². The summed E-state index contributed by atoms with van der Waals surface area (Å²) in [6.45, 7) is 13.2. The van der Waals surface area contributed by atoms with Gasteiger partial charge in [0.25, 0.3) is 0 Å². The van der Waals surface area contributed by atoms with Crippen molar-refractivity contribution in [2.75, 3.05) is 0 Å². The largest absolute Gasteiger partial charge is 0.479 e. The van der Waals surface area contributed by atoms with E-state index in [-0.39, 0.29) is 5.04 Å². The molecule has 2 aliphatic rings. The normalized spacial score (nSPS) is 29.4. The molecule has 0 N–H and O–H groups in total. The third-order valence-electron chi connectivity index (χ3n) is 3.90. The van der Waals surface area contributed by atoms with Crippen LogP contribution in [0.25, 0.3) is 0 Å². The highest BCUT2D eigenvalue weighted by Crippen LogP contribution is 2.61. The zero-order valence-corrected chi connectivity index (χ0v) is 17.6. The Morgan fingerprint density at radius 1 is 0.950 bits per heavy atom. The van der Waals surface area contributed by atoms with Gasteiger partial charge in [-0.2, -0.15) is 0 Å². The van der Waals surface area contributed by atoms with Crippen LogP contribution in [0, 0.1) is 5.92 Å². The summed E-state index contributed by atoms with van der Waals surface area (Å²) in [5.74, 6) is 0.732. The molecule has 0 saturated heterocycles. The summed E-state index contributed by atoms with van der Waals surface area (Å²) in [5, 5.41) is 0.0868. The van der Waals surface area contributed by atoms with Gasteiger partial charge in [0, 0.05) is 0 Å². The van der Waals surface area contributed by atoms with E-state index in [0.717, 1.165) is 5.92 Å². The maximum atomic E-state index is 6.56. The van der Waals surface area contributed by atoms with Gasteiger partial charge in [-0.25, -0.2) is 0 Å². The van der Waals surface area contributed by atoms with Gasteiger partial charge in [-0.15, -0.1) is 0 Å². The first kappa shape index (κ1) is 16.9. The van der Waals surface area contributed by atoms with E-state index in [1.165, 1.54) is 19.3 Å². The van der Waals surface area contributed by atoms with Gasteiger partial charge in [0.2, 0.25) is 0 Å². The van der Waals surface area contributed by atoms with Gasteiger partial charge >= 0.3 is 8.80 Å². The number of fused-ring (bicyclic) bond motifs is 2. The minimum atomic E-state index is -2.61. The minimum Gasteiger partial charge on any atom is -0.416 e. The fourth-order valence-electron chi connectivity index (χ4n) is 3.30. The van der Waals surface area contributed by atoms with Gasteiger partial charge < -0.3 is 12.3 Å². The van der Waals surface area contributed by atoms with Crippen LogP contribution in [0.2, 0.25) is 44.3 Å². The Kier molecular flexibility index (Phi) is 5.32. The van der Waals surface area contributed by atoms with Crippen LogP contribution in [0.15, 0.2) is 12.2 Å². The highest BCUT2D eigenvalue weighted by atomic mass is 28.5. The van der Waals surface area contributed by atoms with Crippen LogP contribution in [0.1, 0.15) is 19.3 Å². The first-order valence-corrected chi connectivity index (χ1v) is 16.4. The first-order chi connectivity index (χ1) is 9.28. The minimum absolute atomic E-state index is 0.0868. The Hall–Kier alpha value is 0.488. The van der Waals surface area contributed by atoms with E-state index in [9.17, 15) is 0 Å². The molecule has 7 heteroatoms. The zero-order valence-electron chi connectivity index (χ0n) is 13.6. The molecule has 1 saturated carbocycles. The van der Waals surface area contributed by atoms with Crippen molar-refractivity contribution >= 4 is 35.9 Å². The first-order valence-electron chi connectivity index (χ1n) is 7.45. The van der Waals surface area contributed by atoms with Crippen molar-refractivity contribution in [2.24, 2.45) is 5.92 Å². The van der Waals surface area contributed by atoms with E-state index < -0.39 is 35.9 Å². The Bertz CT molecular complexity index is 346. The fraction of sp³-hybridized carbons (Fsp3) is 0.846. The molecular formula is C13H27O3Si4. The van der Waals surface area contributed by atoms with Crippen molar-refractivity contribution in [3.63, 3.8) is 0 Å². The second kappa shape index (κ2) is 6.31. The van der Waals surface area contributed by atoms with E-state index in [1.54, 1.807) is 0 Å². The lowest BCUT2D eigenvalue weighted by atomic mass is 10.1. The van der Waals surface area contributed by atoms with Crippen molar-refractivity contribution < 1.29 is 12.3 Å². The molecule has 0 spiro atoms. The predicted molar refractivity (Wildman–Crippen MR) is 90.6 cm³/mol. The zero-order chi connectivity index (χ0) is 15.0. The molecule has 0 heterocycles. The molecule has 3 nitrogen and oxygen atoms in total. The van der Waals surface area contributed by atoms with Crippen LogP contribution in [0.4, 0.5) is 0 Å². The Morgan fingerprint density at radius 3 is 1.70 bits per heavy atom. The standard InChI is InChI=1S/C13H27O3Si4/c1-17(2)14-20(15-18(3)4,16-19(5)6)13-9-7-12(11-13)8-10-13/h7,9,12H,8,10-11H2,1-6H3. The lowest BCUT2D eigenvalue weighted by molar-refractivity contribution is 0.230. The number of hydrogen-bond acceptors (Lipinski definition) is 3. The van der Waals surface area contributed by atoms with Crippen LogP contribution in [-0.4, -0.2) is 35.9 Å². The van der Waals surface area contributed by atoms with Crippen LogP contribution in [-0.2, 0) is 12.3 Å². The quantitative estimate of drug-likeness (QED) is 0.519. The molecule has 0 aromatic carbocycles. The van der Waals surface area contributed by atoms with Crippen molar-refractivity contribution in [2.45, 2.75) is 63.6 Å². The van der Waals surface area contributed by atoms with Crippen LogP contribution >= 0.6 is 0 Å². The summed E-state index contributed by atoms with van der Waals surface area (Å²) in [6.07, 6.45) is 8.45. The molecule has 0 aliphatic heterocycles. The van der Waals surface area contributed by atoms with Crippen molar-refractivity contribution in [3.05, 3.63) is 12.2 Å². The summed E-state index contributed by atoms with van der Waals surface area (Å²) < 4.78 is 19.7. The second-order valence-electron chi connectivity index (χ2n) is 6.61. The Morgan fingerprint density at radius 2 is 1.45 bits per heavy atom. The average molecular weight is 344 g/mol. The van der Waals surface area contributed by atoms with Gasteiger partial charge in [-0.1, -0.05) is 12.2 Å². The molecule has 0 aromatic heterocycles. The lowest BCUT2D eigenvalue weighted by Crippen LogP contribution is -2.60. The molecule has 2 unspecified atom stereocenters. The van der Waals surface area contributed by atoms with Crippen LogP contribution in [0.3, 0.4) is 0 Å². The van der Waals surface area contributed by atoms with E-state index in [4.69, 9.17) is 12.3 Å². The monoisotopic (exact) mass is 343 g/mol. The summed E-state index contributed by atoms with van der Waals surface area (Å²) in [4.78, 5) is 0. The third-order valence-corrected chi connectivity index (χ3v) is 13.9. The molecule has 20 heavy (non-hydrogen) atoms. The third kappa shape index (κ3) is 3.28. The highest BCUT2D eigenvalue weighted by Gasteiger charge is 2.64. The number of hydrogen-bond donors (Lipinski definition) is 0. The van der Waals surface area contributed by atoms with E-state index in [1.807, 2.05) is 0 Å². The molecule has 113 valence electrons. The molecule has 2 rings (SSSR count). The van der Waals surface area contributed by atoms with Gasteiger partial charge in [0.15, 0.2) is 27.1 Å². The highest BCUT2D eigenvalue weighted by molar-refractivity contribution is 6.82. The summed E-state index contributed by atoms with van der Waals surface area (Å²) in [5.41, 5.74) is 0. The molecule has 1 fully saturated rings. The Labute approximate surface area is 130 Å². The topological polar surface area (TPSA) is 27.7 Å². The van der Waals surface area contributed by atoms with Crippen LogP contribution < -0.4 is 0 Å². The lowest BCUT2D eigenvalue weighted by Gasteiger charge is -2.44. The van der Waals surface area contributed by atoms with E-state index >= 15 is 0 Å². The van der Waals surface area contributed by atoms with Crippen molar-refractivity contribution in [3.8, 4) is 0 Å². The molecular weight excluding hydrogens is 316 g/mol. The summed E-state index contributed by atoms with van der Waals surface area (Å²) >= 11 is 0. The summed E-state index contributed by atoms with van der Waals surface area (Å²) in [7, 11) is -5.12. The smallest absolute Gasteiger partial charge is 0.416 e. The average Bonchev–Trinajstić information content (AvgIpc) is 2.86. The molecule has 3 radical (unpaired) electrons. The van der Waals surface area contributed by atoms with Gasteiger partial charge in [-0.3, -0.25) is 0 Å². The second-order valence-corrected chi connectivity index (χ2v) is 16.6. The fourth-order valence-corrected chi connectivity index (χ4v) is 15.1.